The Kier molecular flexibility index (Phi) is 4.57. The molecule has 0 amide bonds. The molecule has 1 heterocycles. The predicted octanol–water partition coefficient (Wildman–Crippen LogP) is 4.08. The van der Waals surface area contributed by atoms with Crippen LogP contribution in [0.25, 0.3) is 0 Å². The van der Waals surface area contributed by atoms with Crippen LogP contribution in [0.4, 0.5) is 5.82 Å². The maximum atomic E-state index is 5.94. The molecule has 0 aromatic carbocycles. The third-order valence-corrected chi connectivity index (χ3v) is 4.80. The monoisotopic (exact) mass is 291 g/mol. The summed E-state index contributed by atoms with van der Waals surface area (Å²) in [7, 11) is 3.70. The Morgan fingerprint density at radius 2 is 1.76 bits per heavy atom. The molecule has 1 aliphatic rings. The summed E-state index contributed by atoms with van der Waals surface area (Å²) in [6, 6.07) is 2.03. The molecule has 0 unspecified atom stereocenters. The van der Waals surface area contributed by atoms with Gasteiger partial charge >= 0.3 is 0 Å². The van der Waals surface area contributed by atoms with Crippen LogP contribution in [0.3, 0.4) is 0 Å². The Morgan fingerprint density at radius 1 is 1.14 bits per heavy atom. The van der Waals surface area contributed by atoms with Crippen LogP contribution in [0.15, 0.2) is 6.07 Å². The summed E-state index contributed by atoms with van der Waals surface area (Å²) >= 11 is 0. The van der Waals surface area contributed by atoms with Crippen LogP contribution in [0, 0.1) is 5.41 Å². The lowest BCUT2D eigenvalue weighted by Crippen LogP contribution is -2.38. The van der Waals surface area contributed by atoms with Gasteiger partial charge in [-0.2, -0.15) is 0 Å². The minimum absolute atomic E-state index is 0.327. The van der Waals surface area contributed by atoms with Gasteiger partial charge in [0.2, 0.25) is 0 Å². The standard InChI is InChI=1S/C17H29N3O/c1-12(2)13-11-14(18-5)20-15(19-13)17(21-6)9-7-16(3,4)8-10-17/h11-12H,7-10H2,1-6H3,(H,18,19,20). The lowest BCUT2D eigenvalue weighted by molar-refractivity contribution is -0.0729. The lowest BCUT2D eigenvalue weighted by atomic mass is 9.70. The zero-order valence-electron chi connectivity index (χ0n) is 14.3. The molecule has 1 N–H and O–H groups in total. The fraction of sp³-hybridized carbons (Fsp3) is 0.765. The van der Waals surface area contributed by atoms with Crippen molar-refractivity contribution in [3.05, 3.63) is 17.6 Å². The Morgan fingerprint density at radius 3 is 2.24 bits per heavy atom. The van der Waals surface area contributed by atoms with Gasteiger partial charge in [-0.05, 0) is 37.0 Å². The van der Waals surface area contributed by atoms with E-state index in [-0.39, 0.29) is 5.60 Å². The molecule has 1 saturated carbocycles. The van der Waals surface area contributed by atoms with Gasteiger partial charge in [-0.3, -0.25) is 0 Å². The second kappa shape index (κ2) is 5.91. The Labute approximate surface area is 128 Å². The highest BCUT2D eigenvalue weighted by atomic mass is 16.5. The number of methoxy groups -OCH3 is 1. The molecule has 0 radical (unpaired) electrons. The molecule has 1 aliphatic carbocycles. The summed E-state index contributed by atoms with van der Waals surface area (Å²) in [5.74, 6) is 2.11. The van der Waals surface area contributed by atoms with E-state index in [4.69, 9.17) is 14.7 Å². The highest BCUT2D eigenvalue weighted by molar-refractivity contribution is 5.37. The maximum Gasteiger partial charge on any atom is 0.162 e. The first kappa shape index (κ1) is 16.2. The second-order valence-electron chi connectivity index (χ2n) is 7.27. The van der Waals surface area contributed by atoms with Gasteiger partial charge < -0.3 is 10.1 Å². The van der Waals surface area contributed by atoms with Gasteiger partial charge in [0.15, 0.2) is 5.82 Å². The number of rotatable bonds is 4. The van der Waals surface area contributed by atoms with E-state index in [0.29, 0.717) is 11.3 Å². The molecule has 21 heavy (non-hydrogen) atoms. The van der Waals surface area contributed by atoms with Crippen molar-refractivity contribution in [2.45, 2.75) is 64.9 Å². The van der Waals surface area contributed by atoms with E-state index >= 15 is 0 Å². The number of anilines is 1. The number of ether oxygens (including phenoxy) is 1. The normalized spacial score (nSPS) is 20.5. The van der Waals surface area contributed by atoms with Gasteiger partial charge in [-0.15, -0.1) is 0 Å². The van der Waals surface area contributed by atoms with Crippen molar-refractivity contribution < 1.29 is 4.74 Å². The first-order chi connectivity index (χ1) is 9.82. The Bertz CT molecular complexity index is 487. The highest BCUT2D eigenvalue weighted by Crippen LogP contribution is 2.46. The smallest absolute Gasteiger partial charge is 0.162 e. The van der Waals surface area contributed by atoms with Crippen molar-refractivity contribution in [1.29, 1.82) is 0 Å². The first-order valence-electron chi connectivity index (χ1n) is 7.94. The van der Waals surface area contributed by atoms with Crippen LogP contribution in [0.5, 0.6) is 0 Å². The average molecular weight is 291 g/mol. The molecule has 0 aliphatic heterocycles. The van der Waals surface area contributed by atoms with Crippen molar-refractivity contribution in [3.8, 4) is 0 Å². The minimum atomic E-state index is -0.327. The largest absolute Gasteiger partial charge is 0.373 e. The van der Waals surface area contributed by atoms with Gasteiger partial charge in [-0.25, -0.2) is 9.97 Å². The summed E-state index contributed by atoms with van der Waals surface area (Å²) < 4.78 is 5.94. The number of hydrogen-bond donors (Lipinski definition) is 1. The van der Waals surface area contributed by atoms with Gasteiger partial charge in [0.25, 0.3) is 0 Å². The quantitative estimate of drug-likeness (QED) is 0.908. The molecule has 2 rings (SSSR count). The highest BCUT2D eigenvalue weighted by Gasteiger charge is 2.42. The van der Waals surface area contributed by atoms with E-state index in [1.807, 2.05) is 13.1 Å². The maximum absolute atomic E-state index is 5.94. The fourth-order valence-corrected chi connectivity index (χ4v) is 2.94. The van der Waals surface area contributed by atoms with Crippen LogP contribution in [-0.4, -0.2) is 24.1 Å². The molecule has 1 aromatic rings. The summed E-state index contributed by atoms with van der Waals surface area (Å²) in [4.78, 5) is 9.52. The number of hydrogen-bond acceptors (Lipinski definition) is 4. The van der Waals surface area contributed by atoms with E-state index in [0.717, 1.165) is 43.0 Å². The van der Waals surface area contributed by atoms with Gasteiger partial charge in [0.05, 0.1) is 0 Å². The van der Waals surface area contributed by atoms with Crippen LogP contribution < -0.4 is 5.32 Å². The van der Waals surface area contributed by atoms with Crippen LogP contribution in [0.2, 0.25) is 0 Å². The Balaban J connectivity index is 2.40. The molecular formula is C17H29N3O. The molecule has 1 aromatic heterocycles. The molecule has 0 spiro atoms. The van der Waals surface area contributed by atoms with Crippen LogP contribution in [-0.2, 0) is 10.3 Å². The zero-order chi connectivity index (χ0) is 15.7. The van der Waals surface area contributed by atoms with E-state index in [9.17, 15) is 0 Å². The molecular weight excluding hydrogens is 262 g/mol. The third-order valence-electron chi connectivity index (χ3n) is 4.80. The third kappa shape index (κ3) is 3.37. The second-order valence-corrected chi connectivity index (χ2v) is 7.27. The Hall–Kier alpha value is -1.16. The van der Waals surface area contributed by atoms with E-state index in [1.54, 1.807) is 7.11 Å². The SMILES string of the molecule is CNc1cc(C(C)C)nc(C2(OC)CCC(C)(C)CC2)n1. The minimum Gasteiger partial charge on any atom is -0.373 e. The molecule has 4 nitrogen and oxygen atoms in total. The summed E-state index contributed by atoms with van der Waals surface area (Å²) in [6.45, 7) is 8.98. The lowest BCUT2D eigenvalue weighted by Gasteiger charge is -2.41. The molecule has 118 valence electrons. The summed E-state index contributed by atoms with van der Waals surface area (Å²) in [5.41, 5.74) is 1.14. The van der Waals surface area contributed by atoms with Crippen LogP contribution >= 0.6 is 0 Å². The molecule has 0 saturated heterocycles. The van der Waals surface area contributed by atoms with Gasteiger partial charge in [0.1, 0.15) is 11.4 Å². The van der Waals surface area contributed by atoms with E-state index < -0.39 is 0 Å². The summed E-state index contributed by atoms with van der Waals surface area (Å²) in [6.07, 6.45) is 4.26. The van der Waals surface area contributed by atoms with E-state index in [1.165, 1.54) is 0 Å². The van der Waals surface area contributed by atoms with Gasteiger partial charge in [-0.1, -0.05) is 27.7 Å². The number of nitrogens with one attached hydrogen (secondary N) is 1. The van der Waals surface area contributed by atoms with Crippen molar-refractivity contribution in [1.82, 2.24) is 9.97 Å². The van der Waals surface area contributed by atoms with Crippen molar-refractivity contribution in [2.24, 2.45) is 5.41 Å². The fourth-order valence-electron chi connectivity index (χ4n) is 2.94. The molecule has 0 atom stereocenters. The molecule has 4 heteroatoms. The topological polar surface area (TPSA) is 47.0 Å². The summed E-state index contributed by atoms with van der Waals surface area (Å²) in [5, 5.41) is 3.15. The van der Waals surface area contributed by atoms with Crippen molar-refractivity contribution in [3.63, 3.8) is 0 Å². The van der Waals surface area contributed by atoms with Crippen molar-refractivity contribution in [2.75, 3.05) is 19.5 Å². The van der Waals surface area contributed by atoms with E-state index in [2.05, 4.69) is 33.0 Å². The zero-order valence-corrected chi connectivity index (χ0v) is 14.3. The first-order valence-corrected chi connectivity index (χ1v) is 7.94. The number of nitrogens with zero attached hydrogens (tertiary/aromatic N) is 2. The van der Waals surface area contributed by atoms with Crippen molar-refractivity contribution >= 4 is 5.82 Å². The average Bonchev–Trinajstić information content (AvgIpc) is 2.47. The molecule has 1 fully saturated rings. The van der Waals surface area contributed by atoms with Crippen LogP contribution in [0.1, 0.15) is 70.8 Å². The molecule has 0 bridgehead atoms. The number of aromatic nitrogens is 2. The predicted molar refractivity (Wildman–Crippen MR) is 86.6 cm³/mol. The van der Waals surface area contributed by atoms with Gasteiger partial charge in [0, 0.05) is 25.9 Å².